The molecule has 0 aliphatic rings. The summed E-state index contributed by atoms with van der Waals surface area (Å²) >= 11 is 0. The van der Waals surface area contributed by atoms with Crippen LogP contribution >= 0.6 is 0 Å². The van der Waals surface area contributed by atoms with Crippen molar-refractivity contribution in [1.29, 1.82) is 0 Å². The number of rotatable bonds is 6. The number of methoxy groups -OCH3 is 2. The summed E-state index contributed by atoms with van der Waals surface area (Å²) in [7, 11) is 3.22. The van der Waals surface area contributed by atoms with E-state index in [1.54, 1.807) is 31.3 Å². The summed E-state index contributed by atoms with van der Waals surface area (Å²) in [4.78, 5) is 0. The zero-order chi connectivity index (χ0) is 12.8. The van der Waals surface area contributed by atoms with Gasteiger partial charge in [-0.25, -0.2) is 4.68 Å². The topological polar surface area (TPSA) is 61.2 Å². The molecule has 0 bridgehead atoms. The summed E-state index contributed by atoms with van der Waals surface area (Å²) in [6.07, 6.45) is 3.16. The molecule has 1 N–H and O–H groups in total. The van der Waals surface area contributed by atoms with Crippen LogP contribution in [-0.2, 0) is 9.47 Å². The first-order valence-electron chi connectivity index (χ1n) is 5.60. The van der Waals surface area contributed by atoms with Crippen molar-refractivity contribution in [3.63, 3.8) is 0 Å². The third kappa shape index (κ3) is 2.85. The predicted molar refractivity (Wildman–Crippen MR) is 67.7 cm³/mol. The van der Waals surface area contributed by atoms with E-state index in [1.165, 1.54) is 0 Å². The fourth-order valence-corrected chi connectivity index (χ4v) is 1.62. The van der Waals surface area contributed by atoms with Crippen LogP contribution < -0.4 is 5.32 Å². The molecule has 0 radical (unpaired) electrons. The molecule has 0 amide bonds. The van der Waals surface area contributed by atoms with Crippen LogP contribution in [0.15, 0.2) is 36.7 Å². The number of aromatic nitrogens is 3. The number of nitrogens with zero attached hydrogens (tertiary/aromatic N) is 3. The second-order valence-corrected chi connectivity index (χ2v) is 3.65. The molecule has 0 atom stereocenters. The van der Waals surface area contributed by atoms with Crippen LogP contribution in [-0.4, -0.2) is 42.0 Å². The van der Waals surface area contributed by atoms with Crippen LogP contribution in [0.5, 0.6) is 0 Å². The van der Waals surface area contributed by atoms with Gasteiger partial charge < -0.3 is 14.8 Å². The molecule has 6 nitrogen and oxygen atoms in total. The van der Waals surface area contributed by atoms with E-state index in [1.807, 2.05) is 24.3 Å². The first-order valence-corrected chi connectivity index (χ1v) is 5.60. The lowest BCUT2D eigenvalue weighted by Crippen LogP contribution is -2.24. The van der Waals surface area contributed by atoms with E-state index in [2.05, 4.69) is 15.6 Å². The highest BCUT2D eigenvalue weighted by atomic mass is 16.7. The molecule has 1 aromatic carbocycles. The molecule has 0 aliphatic heterocycles. The molecule has 1 heterocycles. The van der Waals surface area contributed by atoms with E-state index < -0.39 is 0 Å². The first kappa shape index (κ1) is 12.5. The van der Waals surface area contributed by atoms with E-state index in [0.717, 1.165) is 11.4 Å². The Morgan fingerprint density at radius 1 is 1.28 bits per heavy atom. The molecule has 6 heteroatoms. The van der Waals surface area contributed by atoms with Crippen LogP contribution in [0, 0.1) is 0 Å². The van der Waals surface area contributed by atoms with Crippen LogP contribution in [0.4, 0.5) is 5.69 Å². The molecule has 0 spiro atoms. The van der Waals surface area contributed by atoms with Gasteiger partial charge in [0.1, 0.15) is 0 Å². The number of ether oxygens (including phenoxy) is 2. The minimum Gasteiger partial charge on any atom is -0.378 e. The van der Waals surface area contributed by atoms with Gasteiger partial charge in [0.05, 0.1) is 30.3 Å². The highest BCUT2D eigenvalue weighted by molar-refractivity contribution is 5.60. The monoisotopic (exact) mass is 248 g/mol. The minimum atomic E-state index is -0.284. The Morgan fingerprint density at radius 2 is 2.06 bits per heavy atom. The van der Waals surface area contributed by atoms with Crippen molar-refractivity contribution in [3.05, 3.63) is 36.7 Å². The van der Waals surface area contributed by atoms with Crippen LogP contribution in [0.25, 0.3) is 5.69 Å². The van der Waals surface area contributed by atoms with Gasteiger partial charge in [-0.2, -0.15) is 0 Å². The summed E-state index contributed by atoms with van der Waals surface area (Å²) < 4.78 is 12.0. The largest absolute Gasteiger partial charge is 0.378 e. The molecule has 0 saturated carbocycles. The Balaban J connectivity index is 2.13. The van der Waals surface area contributed by atoms with E-state index in [9.17, 15) is 0 Å². The Kier molecular flexibility index (Phi) is 4.27. The maximum absolute atomic E-state index is 5.13. The van der Waals surface area contributed by atoms with Gasteiger partial charge in [0.25, 0.3) is 0 Å². The number of benzene rings is 1. The lowest BCUT2D eigenvalue weighted by atomic mass is 10.2. The predicted octanol–water partition coefficient (Wildman–Crippen LogP) is 1.30. The third-order valence-corrected chi connectivity index (χ3v) is 2.56. The van der Waals surface area contributed by atoms with Crippen LogP contribution in [0.1, 0.15) is 0 Å². The second kappa shape index (κ2) is 6.13. The fourth-order valence-electron chi connectivity index (χ4n) is 1.62. The van der Waals surface area contributed by atoms with Gasteiger partial charge in [0.2, 0.25) is 0 Å². The van der Waals surface area contributed by atoms with Crippen molar-refractivity contribution < 1.29 is 9.47 Å². The lowest BCUT2D eigenvalue weighted by molar-refractivity contribution is -0.0914. The minimum absolute atomic E-state index is 0.284. The van der Waals surface area contributed by atoms with Gasteiger partial charge in [-0.3, -0.25) is 0 Å². The average Bonchev–Trinajstić information content (AvgIpc) is 2.94. The van der Waals surface area contributed by atoms with Gasteiger partial charge in [-0.1, -0.05) is 17.3 Å². The van der Waals surface area contributed by atoms with Crippen molar-refractivity contribution in [2.45, 2.75) is 6.29 Å². The molecule has 18 heavy (non-hydrogen) atoms. The number of hydrogen-bond acceptors (Lipinski definition) is 5. The van der Waals surface area contributed by atoms with Crippen LogP contribution in [0.2, 0.25) is 0 Å². The van der Waals surface area contributed by atoms with Gasteiger partial charge in [-0.15, -0.1) is 5.10 Å². The SMILES string of the molecule is COC(CNc1ccccc1-n1ccnn1)OC. The fraction of sp³-hybridized carbons (Fsp3) is 0.333. The second-order valence-electron chi connectivity index (χ2n) is 3.65. The zero-order valence-corrected chi connectivity index (χ0v) is 10.4. The molecule has 0 fully saturated rings. The van der Waals surface area contributed by atoms with Crippen molar-refractivity contribution in [2.24, 2.45) is 0 Å². The van der Waals surface area contributed by atoms with Gasteiger partial charge in [-0.05, 0) is 12.1 Å². The van der Waals surface area contributed by atoms with Crippen molar-refractivity contribution in [3.8, 4) is 5.69 Å². The van der Waals surface area contributed by atoms with Crippen molar-refractivity contribution in [2.75, 3.05) is 26.1 Å². The molecular formula is C12H16N4O2. The van der Waals surface area contributed by atoms with Crippen LogP contribution in [0.3, 0.4) is 0 Å². The Labute approximate surface area is 106 Å². The molecule has 2 aromatic rings. The summed E-state index contributed by atoms with van der Waals surface area (Å²) in [5.41, 5.74) is 1.88. The van der Waals surface area contributed by atoms with E-state index in [0.29, 0.717) is 6.54 Å². The molecule has 0 aliphatic carbocycles. The van der Waals surface area contributed by atoms with E-state index >= 15 is 0 Å². The molecular weight excluding hydrogens is 232 g/mol. The van der Waals surface area contributed by atoms with E-state index in [-0.39, 0.29) is 6.29 Å². The maximum atomic E-state index is 5.13. The molecule has 2 rings (SSSR count). The van der Waals surface area contributed by atoms with Crippen molar-refractivity contribution in [1.82, 2.24) is 15.0 Å². The molecule has 0 saturated heterocycles. The molecule has 0 unspecified atom stereocenters. The van der Waals surface area contributed by atoms with Gasteiger partial charge in [0, 0.05) is 14.2 Å². The van der Waals surface area contributed by atoms with Crippen molar-refractivity contribution >= 4 is 5.69 Å². The van der Waals surface area contributed by atoms with Gasteiger partial charge >= 0.3 is 0 Å². The number of nitrogens with one attached hydrogen (secondary N) is 1. The third-order valence-electron chi connectivity index (χ3n) is 2.56. The highest BCUT2D eigenvalue weighted by Crippen LogP contribution is 2.18. The number of para-hydroxylation sites is 2. The normalized spacial score (nSPS) is 10.8. The molecule has 1 aromatic heterocycles. The van der Waals surface area contributed by atoms with E-state index in [4.69, 9.17) is 9.47 Å². The smallest absolute Gasteiger partial charge is 0.173 e. The maximum Gasteiger partial charge on any atom is 0.173 e. The highest BCUT2D eigenvalue weighted by Gasteiger charge is 2.08. The molecule has 96 valence electrons. The standard InChI is InChI=1S/C12H16N4O2/c1-17-12(18-2)9-13-10-5-3-4-6-11(10)16-8-7-14-15-16/h3-8,12-13H,9H2,1-2H3. The summed E-state index contributed by atoms with van der Waals surface area (Å²) in [5.74, 6) is 0. The quantitative estimate of drug-likeness (QED) is 0.781. The summed E-state index contributed by atoms with van der Waals surface area (Å²) in [5, 5.41) is 11.0. The summed E-state index contributed by atoms with van der Waals surface area (Å²) in [6, 6.07) is 7.84. The Morgan fingerprint density at radius 3 is 2.72 bits per heavy atom. The lowest BCUT2D eigenvalue weighted by Gasteiger charge is -2.16. The Bertz CT molecular complexity index is 469. The Hall–Kier alpha value is -1.92. The first-order chi connectivity index (χ1) is 8.85. The average molecular weight is 248 g/mol. The summed E-state index contributed by atoms with van der Waals surface area (Å²) in [6.45, 7) is 0.554. The number of hydrogen-bond donors (Lipinski definition) is 1. The number of anilines is 1. The zero-order valence-electron chi connectivity index (χ0n) is 10.4. The van der Waals surface area contributed by atoms with Gasteiger partial charge in [0.15, 0.2) is 6.29 Å².